The topological polar surface area (TPSA) is 45.5 Å². The summed E-state index contributed by atoms with van der Waals surface area (Å²) in [6.45, 7) is 3.02. The number of aryl methyl sites for hydroxylation is 1. The summed E-state index contributed by atoms with van der Waals surface area (Å²) in [5, 5.41) is 10.5. The second-order valence-corrected chi connectivity index (χ2v) is 7.69. The van der Waals surface area contributed by atoms with E-state index in [4.69, 9.17) is 0 Å². The molecular formula is C23H30IN5. The molecule has 1 aliphatic heterocycles. The molecule has 2 heterocycles. The van der Waals surface area contributed by atoms with E-state index < -0.39 is 0 Å². The summed E-state index contributed by atoms with van der Waals surface area (Å²) in [4.78, 5) is 6.92. The van der Waals surface area contributed by atoms with Gasteiger partial charge in [0.05, 0.1) is 6.20 Å². The number of rotatable bonds is 5. The summed E-state index contributed by atoms with van der Waals surface area (Å²) in [7, 11) is 3.86. The summed E-state index contributed by atoms with van der Waals surface area (Å²) < 4.78 is 1.88. The summed E-state index contributed by atoms with van der Waals surface area (Å²) in [6.07, 6.45) is 7.41. The van der Waals surface area contributed by atoms with E-state index in [1.54, 1.807) is 0 Å². The van der Waals surface area contributed by atoms with Gasteiger partial charge < -0.3 is 10.2 Å². The Morgan fingerprint density at radius 2 is 2.03 bits per heavy atom. The van der Waals surface area contributed by atoms with Gasteiger partial charge in [-0.15, -0.1) is 24.0 Å². The van der Waals surface area contributed by atoms with Crippen LogP contribution in [0.3, 0.4) is 0 Å². The van der Waals surface area contributed by atoms with Crippen LogP contribution in [0.1, 0.15) is 17.5 Å². The van der Waals surface area contributed by atoms with Gasteiger partial charge in [0.15, 0.2) is 5.96 Å². The number of halogens is 1. The average Bonchev–Trinajstić information content (AvgIpc) is 3.34. The third-order valence-electron chi connectivity index (χ3n) is 5.64. The summed E-state index contributed by atoms with van der Waals surface area (Å²) >= 11 is 0. The fourth-order valence-corrected chi connectivity index (χ4v) is 4.25. The smallest absolute Gasteiger partial charge is 0.193 e. The highest BCUT2D eigenvalue weighted by atomic mass is 127. The van der Waals surface area contributed by atoms with E-state index in [1.807, 2.05) is 25.0 Å². The highest BCUT2D eigenvalue weighted by Gasteiger charge is 2.25. The zero-order valence-corrected chi connectivity index (χ0v) is 19.5. The molecule has 29 heavy (non-hydrogen) atoms. The largest absolute Gasteiger partial charge is 0.356 e. The van der Waals surface area contributed by atoms with Crippen molar-refractivity contribution >= 4 is 40.7 Å². The Kier molecular flexibility index (Phi) is 7.52. The first kappa shape index (κ1) is 21.6. The van der Waals surface area contributed by atoms with Gasteiger partial charge in [-0.1, -0.05) is 42.5 Å². The first-order valence-electron chi connectivity index (χ1n) is 10.1. The van der Waals surface area contributed by atoms with Crippen molar-refractivity contribution in [2.24, 2.45) is 18.0 Å². The van der Waals surface area contributed by atoms with Crippen molar-refractivity contribution in [1.29, 1.82) is 0 Å². The standard InChI is InChI=1S/C23H29N5.HI/c1-24-23(28-13-11-18(17-28)14-19-15-26-27(2)16-19)25-12-10-21-8-5-7-20-6-3-4-9-22(20)21;/h3-9,15-16,18H,10-14,17H2,1-2H3,(H,24,25);1H. The lowest BCUT2D eigenvalue weighted by atomic mass is 10.0. The third-order valence-corrected chi connectivity index (χ3v) is 5.64. The molecule has 154 valence electrons. The molecule has 0 saturated carbocycles. The van der Waals surface area contributed by atoms with Crippen molar-refractivity contribution in [2.75, 3.05) is 26.7 Å². The molecule has 1 unspecified atom stereocenters. The van der Waals surface area contributed by atoms with Gasteiger partial charge in [0.25, 0.3) is 0 Å². The third kappa shape index (κ3) is 5.29. The fraction of sp³-hybridized carbons (Fsp3) is 0.391. The maximum absolute atomic E-state index is 4.52. The van der Waals surface area contributed by atoms with Gasteiger partial charge in [0.1, 0.15) is 0 Å². The molecule has 0 amide bonds. The summed E-state index contributed by atoms with van der Waals surface area (Å²) in [5.74, 6) is 1.69. The van der Waals surface area contributed by atoms with Crippen LogP contribution >= 0.6 is 24.0 Å². The van der Waals surface area contributed by atoms with E-state index in [1.165, 1.54) is 28.3 Å². The van der Waals surface area contributed by atoms with Gasteiger partial charge in [-0.2, -0.15) is 5.10 Å². The fourth-order valence-electron chi connectivity index (χ4n) is 4.25. The molecule has 2 aromatic carbocycles. The number of likely N-dealkylation sites (tertiary alicyclic amines) is 1. The molecule has 1 N–H and O–H groups in total. The maximum atomic E-state index is 4.52. The molecule has 0 spiro atoms. The quantitative estimate of drug-likeness (QED) is 0.327. The zero-order chi connectivity index (χ0) is 19.3. The van der Waals surface area contributed by atoms with E-state index in [2.05, 4.69) is 69.0 Å². The molecule has 0 bridgehead atoms. The van der Waals surface area contributed by atoms with Crippen LogP contribution < -0.4 is 5.32 Å². The SMILES string of the molecule is CN=C(NCCc1cccc2ccccc12)N1CCC(Cc2cnn(C)c2)C1.I. The van der Waals surface area contributed by atoms with Crippen LogP contribution in [-0.2, 0) is 19.9 Å². The number of fused-ring (bicyclic) bond motifs is 1. The van der Waals surface area contributed by atoms with Crippen LogP contribution in [0.2, 0.25) is 0 Å². The number of aromatic nitrogens is 2. The molecule has 3 aromatic rings. The van der Waals surface area contributed by atoms with Crippen molar-refractivity contribution in [3.05, 3.63) is 66.0 Å². The predicted octanol–water partition coefficient (Wildman–Crippen LogP) is 3.87. The molecule has 1 fully saturated rings. The number of aliphatic imine (C=N–C) groups is 1. The zero-order valence-electron chi connectivity index (χ0n) is 17.2. The Morgan fingerprint density at radius 3 is 2.83 bits per heavy atom. The van der Waals surface area contributed by atoms with E-state index in [9.17, 15) is 0 Å². The Morgan fingerprint density at radius 1 is 1.21 bits per heavy atom. The Balaban J connectivity index is 0.00000240. The lowest BCUT2D eigenvalue weighted by molar-refractivity contribution is 0.460. The maximum Gasteiger partial charge on any atom is 0.193 e. The van der Waals surface area contributed by atoms with Gasteiger partial charge in [0.2, 0.25) is 0 Å². The van der Waals surface area contributed by atoms with Crippen molar-refractivity contribution in [1.82, 2.24) is 20.0 Å². The average molecular weight is 503 g/mol. The van der Waals surface area contributed by atoms with E-state index in [-0.39, 0.29) is 24.0 Å². The number of nitrogens with one attached hydrogen (secondary N) is 1. The first-order chi connectivity index (χ1) is 13.7. The minimum Gasteiger partial charge on any atom is -0.356 e. The minimum absolute atomic E-state index is 0. The lowest BCUT2D eigenvalue weighted by Gasteiger charge is -2.22. The highest BCUT2D eigenvalue weighted by molar-refractivity contribution is 14.0. The van der Waals surface area contributed by atoms with Crippen LogP contribution in [0.5, 0.6) is 0 Å². The Labute approximate surface area is 190 Å². The summed E-state index contributed by atoms with van der Waals surface area (Å²) in [6, 6.07) is 15.2. The lowest BCUT2D eigenvalue weighted by Crippen LogP contribution is -2.41. The van der Waals surface area contributed by atoms with Crippen LogP contribution in [0.25, 0.3) is 10.8 Å². The van der Waals surface area contributed by atoms with Gasteiger partial charge in [-0.05, 0) is 47.1 Å². The van der Waals surface area contributed by atoms with Gasteiger partial charge in [-0.25, -0.2) is 0 Å². The van der Waals surface area contributed by atoms with Crippen molar-refractivity contribution in [2.45, 2.75) is 19.3 Å². The second kappa shape index (κ2) is 10.1. The summed E-state index contributed by atoms with van der Waals surface area (Å²) in [5.41, 5.74) is 2.71. The normalized spacial score (nSPS) is 16.8. The van der Waals surface area contributed by atoms with Crippen molar-refractivity contribution in [3.8, 4) is 0 Å². The molecule has 1 atom stereocenters. The van der Waals surface area contributed by atoms with E-state index in [0.717, 1.165) is 38.4 Å². The number of nitrogens with zero attached hydrogens (tertiary/aromatic N) is 4. The molecule has 1 aromatic heterocycles. The molecule has 0 radical (unpaired) electrons. The number of hydrogen-bond donors (Lipinski definition) is 1. The molecule has 1 aliphatic rings. The first-order valence-corrected chi connectivity index (χ1v) is 10.1. The van der Waals surface area contributed by atoms with Gasteiger partial charge >= 0.3 is 0 Å². The molecule has 1 saturated heterocycles. The number of guanidine groups is 1. The van der Waals surface area contributed by atoms with Crippen LogP contribution in [0.4, 0.5) is 0 Å². The van der Waals surface area contributed by atoms with E-state index in [0.29, 0.717) is 5.92 Å². The number of benzene rings is 2. The van der Waals surface area contributed by atoms with Crippen LogP contribution in [-0.4, -0.2) is 47.3 Å². The predicted molar refractivity (Wildman–Crippen MR) is 131 cm³/mol. The van der Waals surface area contributed by atoms with E-state index >= 15 is 0 Å². The monoisotopic (exact) mass is 503 g/mol. The molecule has 5 nitrogen and oxygen atoms in total. The molecular weight excluding hydrogens is 473 g/mol. The van der Waals surface area contributed by atoms with Crippen LogP contribution in [0, 0.1) is 5.92 Å². The molecule has 6 heteroatoms. The minimum atomic E-state index is 0. The van der Waals surface area contributed by atoms with Crippen LogP contribution in [0.15, 0.2) is 59.9 Å². The van der Waals surface area contributed by atoms with Gasteiger partial charge in [-0.3, -0.25) is 9.67 Å². The Hall–Kier alpha value is -2.09. The number of hydrogen-bond acceptors (Lipinski definition) is 2. The van der Waals surface area contributed by atoms with Crippen molar-refractivity contribution in [3.63, 3.8) is 0 Å². The van der Waals surface area contributed by atoms with Gasteiger partial charge in [0, 0.05) is 39.9 Å². The highest BCUT2D eigenvalue weighted by Crippen LogP contribution is 2.21. The Bertz CT molecular complexity index is 959. The second-order valence-electron chi connectivity index (χ2n) is 7.69. The van der Waals surface area contributed by atoms with Crippen molar-refractivity contribution < 1.29 is 0 Å². The molecule has 4 rings (SSSR count). The molecule has 0 aliphatic carbocycles.